The molecule has 0 saturated heterocycles. The third kappa shape index (κ3) is 5.34. The summed E-state index contributed by atoms with van der Waals surface area (Å²) in [6, 6.07) is -8.80. The molecule has 13 rings (SSSR count). The van der Waals surface area contributed by atoms with Gasteiger partial charge in [0.15, 0.2) is 0 Å². The Bertz CT molecular complexity index is 4960. The van der Waals surface area contributed by atoms with E-state index in [1.54, 1.807) is 46.4 Å². The molecule has 0 atom stereocenters. The van der Waals surface area contributed by atoms with Gasteiger partial charge in [-0.25, -0.2) is 0 Å². The number of furan rings is 1. The molecule has 0 unspecified atom stereocenters. The Labute approximate surface area is 420 Å². The summed E-state index contributed by atoms with van der Waals surface area (Å²) in [4.78, 5) is 2.96. The number of benzene rings is 7. The Morgan fingerprint density at radius 1 is 0.485 bits per heavy atom. The zero-order valence-electron chi connectivity index (χ0n) is 58.7. The fraction of sp³-hybridized carbons (Fsp3) is 0.267. The van der Waals surface area contributed by atoms with Crippen LogP contribution in [-0.4, -0.2) is 11.3 Å². The molecule has 0 saturated carbocycles. The quantitative estimate of drug-likeness (QED) is 0.153. The molecular formula is C60H56BN3OS. The zero-order valence-corrected chi connectivity index (χ0v) is 39.6. The molecule has 66 heavy (non-hydrogen) atoms. The Balaban J connectivity index is 1.36. The summed E-state index contributed by atoms with van der Waals surface area (Å²) in [5.74, 6) is 0. The lowest BCUT2D eigenvalue weighted by Gasteiger charge is -2.45. The number of hydrogen-bond donors (Lipinski definition) is 0. The molecule has 10 aromatic rings. The molecule has 4 nitrogen and oxygen atoms in total. The van der Waals surface area contributed by atoms with Crippen molar-refractivity contribution in [2.24, 2.45) is 0 Å². The van der Waals surface area contributed by atoms with E-state index in [-0.39, 0.29) is 186 Å². The molecule has 0 bridgehead atoms. The predicted molar refractivity (Wildman–Crippen MR) is 286 cm³/mol. The fourth-order valence-corrected chi connectivity index (χ4v) is 10.7. The van der Waals surface area contributed by atoms with Crippen molar-refractivity contribution < 1.29 is 31.8 Å². The van der Waals surface area contributed by atoms with E-state index in [2.05, 4.69) is 0 Å². The molecule has 3 aromatic heterocycles. The van der Waals surface area contributed by atoms with Crippen molar-refractivity contribution in [3.8, 4) is 5.69 Å². The van der Waals surface area contributed by atoms with Crippen LogP contribution in [0.5, 0.6) is 0 Å². The van der Waals surface area contributed by atoms with Crippen molar-refractivity contribution in [3.05, 3.63) is 143 Å². The van der Waals surface area contributed by atoms with Crippen LogP contribution in [0.1, 0.15) is 133 Å². The number of hydrogen-bond acceptors (Lipinski definition) is 4. The summed E-state index contributed by atoms with van der Waals surface area (Å²) in [7, 11) is 0. The van der Waals surface area contributed by atoms with Crippen molar-refractivity contribution in [2.45, 2.75) is 105 Å². The Hall–Kier alpha value is -6.24. The predicted octanol–water partition coefficient (Wildman–Crippen LogP) is 15.5. The number of thiophene rings is 1. The fourth-order valence-electron chi connectivity index (χ4n) is 9.69. The van der Waals surface area contributed by atoms with Crippen molar-refractivity contribution in [2.75, 3.05) is 9.80 Å². The maximum absolute atomic E-state index is 10.8. The largest absolute Gasteiger partial charge is 0.468 e. The van der Waals surface area contributed by atoms with Crippen LogP contribution in [0.25, 0.3) is 58.6 Å². The van der Waals surface area contributed by atoms with Crippen molar-refractivity contribution in [1.29, 1.82) is 0 Å². The summed E-state index contributed by atoms with van der Waals surface area (Å²) in [5.41, 5.74) is -4.88. The van der Waals surface area contributed by atoms with E-state index < -0.39 is 94.8 Å². The Morgan fingerprint density at radius 3 is 1.77 bits per heavy atom. The van der Waals surface area contributed by atoms with Crippen LogP contribution in [0.4, 0.5) is 34.1 Å². The van der Waals surface area contributed by atoms with E-state index in [0.29, 0.717) is 0 Å². The molecule has 0 amide bonds. The monoisotopic (exact) mass is 898 g/mol. The number of para-hydroxylation sites is 1. The van der Waals surface area contributed by atoms with Gasteiger partial charge in [-0.1, -0.05) is 137 Å². The van der Waals surface area contributed by atoms with Gasteiger partial charge in [-0.3, -0.25) is 0 Å². The molecule has 0 spiro atoms. The maximum Gasteiger partial charge on any atom is 0.297 e. The maximum atomic E-state index is 10.8. The number of rotatable bonds is 1. The number of fused-ring (bicyclic) bond motifs is 14. The first-order valence-corrected chi connectivity index (χ1v) is 23.0. The van der Waals surface area contributed by atoms with Gasteiger partial charge in [-0.2, -0.15) is 0 Å². The van der Waals surface area contributed by atoms with E-state index in [0.717, 1.165) is 11.3 Å². The number of nitrogens with zero attached hydrogens (tertiary/aromatic N) is 3. The standard InChI is InChI=1S/C60H56BN3OS/c1-57(2,3)33-23-25-43-39(27-33)40-29-35(59(7,8)9)32-48-52(40)62(43)44-20-16-19-42-54(44)64(48)47-31-36(60(10,11)12)30-46-51(47)61(42)56-53(41-28-34(58(4,5)6)24-26-49(41)65-56)63(46)45-21-15-18-38-37-17-13-14-22-50(37)66-55(38)45/h13-32H,1-12H3/i13D,14D,15D,16D,17D,18D,19D,20D,21D,22D,23D,24D,25D,26D,27D,28D,29D,30D,31D,32D. The lowest BCUT2D eigenvalue weighted by Crippen LogP contribution is -2.61. The van der Waals surface area contributed by atoms with Gasteiger partial charge in [0.2, 0.25) is 0 Å². The highest BCUT2D eigenvalue weighted by atomic mass is 32.1. The zero-order chi connectivity index (χ0) is 63.1. The van der Waals surface area contributed by atoms with E-state index in [1.165, 1.54) is 9.47 Å². The van der Waals surface area contributed by atoms with Gasteiger partial charge >= 0.3 is 0 Å². The summed E-state index contributed by atoms with van der Waals surface area (Å²) >= 11 is 0.821. The van der Waals surface area contributed by atoms with Crippen LogP contribution in [-0.2, 0) is 21.7 Å². The Kier molecular flexibility index (Phi) is 4.75. The van der Waals surface area contributed by atoms with Gasteiger partial charge in [0.25, 0.3) is 6.71 Å². The first kappa shape index (κ1) is 24.5. The van der Waals surface area contributed by atoms with Gasteiger partial charge in [0, 0.05) is 43.0 Å². The molecule has 7 aromatic carbocycles. The van der Waals surface area contributed by atoms with E-state index in [9.17, 15) is 23.3 Å². The number of anilines is 6. The van der Waals surface area contributed by atoms with Crippen molar-refractivity contribution >= 4 is 122 Å². The van der Waals surface area contributed by atoms with Gasteiger partial charge < -0.3 is 18.8 Å². The van der Waals surface area contributed by atoms with Crippen LogP contribution < -0.4 is 26.4 Å². The van der Waals surface area contributed by atoms with Gasteiger partial charge in [-0.05, 0) is 121 Å². The molecule has 0 N–H and O–H groups in total. The van der Waals surface area contributed by atoms with E-state index >= 15 is 0 Å². The molecule has 3 aliphatic heterocycles. The lowest BCUT2D eigenvalue weighted by atomic mass is 9.35. The number of aromatic nitrogens is 1. The van der Waals surface area contributed by atoms with Crippen molar-refractivity contribution in [3.63, 3.8) is 0 Å². The summed E-state index contributed by atoms with van der Waals surface area (Å²) in [6.45, 7) is 20.0. The second-order valence-corrected chi connectivity index (χ2v) is 22.9. The third-order valence-corrected chi connectivity index (χ3v) is 14.2. The minimum absolute atomic E-state index is 0.00146. The molecule has 326 valence electrons. The first-order chi connectivity index (χ1) is 39.7. The van der Waals surface area contributed by atoms with Crippen LogP contribution >= 0.6 is 11.3 Å². The second kappa shape index (κ2) is 12.8. The molecule has 0 radical (unpaired) electrons. The molecule has 6 heteroatoms. The van der Waals surface area contributed by atoms with Crippen LogP contribution in [0.2, 0.25) is 0 Å². The summed E-state index contributed by atoms with van der Waals surface area (Å²) in [6.07, 6.45) is 0. The minimum Gasteiger partial charge on any atom is -0.468 e. The van der Waals surface area contributed by atoms with E-state index in [1.807, 2.05) is 41.5 Å². The van der Waals surface area contributed by atoms with Gasteiger partial charge in [0.05, 0.1) is 77.2 Å². The van der Waals surface area contributed by atoms with Crippen LogP contribution in [0, 0.1) is 0 Å². The molecule has 3 aliphatic rings. The summed E-state index contributed by atoms with van der Waals surface area (Å²) < 4.78 is 205. The van der Waals surface area contributed by atoms with Gasteiger partial charge in [0.1, 0.15) is 5.58 Å². The average molecular weight is 898 g/mol. The highest BCUT2D eigenvalue weighted by Crippen LogP contribution is 2.56. The normalized spacial score (nSPS) is 18.8. The average Bonchev–Trinajstić information content (AvgIpc) is 1.28. The SMILES string of the molecule is [2H]c1c([2H])c2c3c(c1[2H])-n1c4c([2H])c([2H])c(C(C)(C)C)c([2H])c4c4c([2H])c(C(C)(C)C)c([2H])c(c41)N3c1c([2H])c(C(C)(C)C)c([2H])c3c1B2c1oc2c([2H])c([2H])c(C(C)(C)C)c([2H])c2c1N3c1c([2H])c([2H])c([2H])c2c1sc1c([2H])c([2H])c([2H])c([2H])c12. The molecule has 0 fully saturated rings. The minimum atomic E-state index is -1.56. The molecule has 0 aliphatic carbocycles. The molecular weight excluding hydrogens is 822 g/mol. The van der Waals surface area contributed by atoms with Gasteiger partial charge in [-0.15, -0.1) is 11.3 Å². The molecule has 6 heterocycles. The van der Waals surface area contributed by atoms with Crippen LogP contribution in [0.3, 0.4) is 0 Å². The highest BCUT2D eigenvalue weighted by molar-refractivity contribution is 7.26. The third-order valence-electron chi connectivity index (χ3n) is 13.1. The highest BCUT2D eigenvalue weighted by Gasteiger charge is 2.50. The second-order valence-electron chi connectivity index (χ2n) is 21.8. The lowest BCUT2D eigenvalue weighted by molar-refractivity contribution is 0.590. The van der Waals surface area contributed by atoms with E-state index in [4.69, 9.17) is 8.53 Å². The van der Waals surface area contributed by atoms with Crippen LogP contribution in [0.15, 0.2) is 125 Å². The van der Waals surface area contributed by atoms with Crippen molar-refractivity contribution in [1.82, 2.24) is 4.57 Å². The Morgan fingerprint density at radius 2 is 1.06 bits per heavy atom. The first-order valence-electron chi connectivity index (χ1n) is 32.2. The summed E-state index contributed by atoms with van der Waals surface area (Å²) in [5, 5.41) is -0.171. The topological polar surface area (TPSA) is 24.6 Å². The smallest absolute Gasteiger partial charge is 0.297 e.